The number of benzene rings is 4. The Hall–Kier alpha value is -4.74. The number of aryl methyl sites for hydroxylation is 1. The maximum absolute atomic E-state index is 5.23. The molecule has 8 aromatic rings. The van der Waals surface area contributed by atoms with Crippen LogP contribution in [-0.4, -0.2) is 19.5 Å². The Balaban J connectivity index is 0.000000281. The van der Waals surface area contributed by atoms with Gasteiger partial charge in [0.1, 0.15) is 0 Å². The molecular weight excluding hydrogens is 809 g/mol. The number of aromatic nitrogens is 4. The fourth-order valence-electron chi connectivity index (χ4n) is 6.31. The third-order valence-corrected chi connectivity index (χ3v) is 9.62. The molecule has 0 N–H and O–H groups in total. The molecule has 0 bridgehead atoms. The standard InChI is InChI=1S/C33H30N3S.C11H8N.Ir/c1-20(2)25-9-8-10-26(21(3)4)32(25)36-30-12-7-6-11-29(30)35-33(36)28-19-37-31-14-13-23(18-27(28)31)24-15-16-34-22(5)17-24;1-2-6-10(7-3-1)11-8-4-5-9-12-11;/h6-18,20-21H,1-5H3;1-6,8-9H;/q2*-1;. The normalized spacial score (nSPS) is 11.1. The van der Waals surface area contributed by atoms with Crippen molar-refractivity contribution in [1.29, 1.82) is 0 Å². The van der Waals surface area contributed by atoms with Crippen molar-refractivity contribution in [3.63, 3.8) is 0 Å². The number of rotatable bonds is 6. The van der Waals surface area contributed by atoms with Crippen LogP contribution in [0.2, 0.25) is 0 Å². The molecule has 6 heteroatoms. The molecule has 0 fully saturated rings. The van der Waals surface area contributed by atoms with E-state index in [-0.39, 0.29) is 20.1 Å². The second-order valence-corrected chi connectivity index (χ2v) is 13.7. The van der Waals surface area contributed by atoms with Crippen molar-refractivity contribution < 1.29 is 20.1 Å². The number of fused-ring (bicyclic) bond motifs is 2. The number of imidazole rings is 1. The van der Waals surface area contributed by atoms with Crippen LogP contribution in [0.4, 0.5) is 0 Å². The van der Waals surface area contributed by atoms with E-state index >= 15 is 0 Å². The van der Waals surface area contributed by atoms with E-state index in [2.05, 4.69) is 126 Å². The van der Waals surface area contributed by atoms with Gasteiger partial charge >= 0.3 is 0 Å². The van der Waals surface area contributed by atoms with Gasteiger partial charge < -0.3 is 9.55 Å². The molecule has 0 saturated heterocycles. The summed E-state index contributed by atoms with van der Waals surface area (Å²) in [5.41, 5.74) is 12.5. The van der Waals surface area contributed by atoms with Crippen molar-refractivity contribution >= 4 is 32.5 Å². The molecule has 4 aromatic carbocycles. The molecule has 0 spiro atoms. The first-order valence-electron chi connectivity index (χ1n) is 16.8. The van der Waals surface area contributed by atoms with Crippen molar-refractivity contribution in [3.05, 3.63) is 156 Å². The SMILES string of the molecule is Cc1cc(-c2ccc3s[c-]c(-c4nc5ccccc5n4-c4c(C(C)C)cccc4C(C)C)c3c2)ccn1.[Ir].[c-]1ccccc1-c1ccccn1. The molecule has 4 nitrogen and oxygen atoms in total. The van der Waals surface area contributed by atoms with Crippen LogP contribution >= 0.6 is 11.3 Å². The molecule has 0 amide bonds. The Morgan fingerprint density at radius 3 is 2.14 bits per heavy atom. The number of hydrogen-bond donors (Lipinski definition) is 0. The predicted molar refractivity (Wildman–Crippen MR) is 205 cm³/mol. The first kappa shape index (κ1) is 35.1. The van der Waals surface area contributed by atoms with Crippen molar-refractivity contribution in [2.75, 3.05) is 0 Å². The van der Waals surface area contributed by atoms with Gasteiger partial charge in [0.2, 0.25) is 0 Å². The average Bonchev–Trinajstić information content (AvgIpc) is 3.73. The largest absolute Gasteiger partial charge is 0.333 e. The molecule has 4 aromatic heterocycles. The van der Waals surface area contributed by atoms with Crippen molar-refractivity contribution in [3.8, 4) is 39.5 Å². The van der Waals surface area contributed by atoms with Crippen molar-refractivity contribution in [2.24, 2.45) is 0 Å². The van der Waals surface area contributed by atoms with Gasteiger partial charge in [0.15, 0.2) is 0 Å². The van der Waals surface area contributed by atoms with E-state index in [1.165, 1.54) is 38.0 Å². The zero-order valence-electron chi connectivity index (χ0n) is 28.8. The van der Waals surface area contributed by atoms with E-state index < -0.39 is 0 Å². The van der Waals surface area contributed by atoms with Crippen LogP contribution in [0, 0.1) is 18.4 Å². The van der Waals surface area contributed by atoms with Crippen LogP contribution in [0.3, 0.4) is 0 Å². The molecule has 4 heterocycles. The van der Waals surface area contributed by atoms with Gasteiger partial charge in [-0.05, 0) is 77.0 Å². The number of pyridine rings is 2. The maximum atomic E-state index is 5.23. The van der Waals surface area contributed by atoms with Crippen LogP contribution in [0.5, 0.6) is 0 Å². The summed E-state index contributed by atoms with van der Waals surface area (Å²) in [5, 5.41) is 4.82. The maximum Gasteiger partial charge on any atom is 0.0774 e. The van der Waals surface area contributed by atoms with Crippen LogP contribution in [-0.2, 0) is 20.1 Å². The van der Waals surface area contributed by atoms with Gasteiger partial charge in [-0.2, -0.15) is 0 Å². The Morgan fingerprint density at radius 2 is 1.44 bits per heavy atom. The molecule has 0 aliphatic rings. The summed E-state index contributed by atoms with van der Waals surface area (Å²) in [7, 11) is 0. The Morgan fingerprint density at radius 1 is 0.700 bits per heavy atom. The van der Waals surface area contributed by atoms with Gasteiger partial charge in [-0.1, -0.05) is 104 Å². The fraction of sp³-hybridized carbons (Fsp3) is 0.159. The summed E-state index contributed by atoms with van der Waals surface area (Å²) in [5.74, 6) is 1.71. The number of nitrogens with zero attached hydrogens (tertiary/aromatic N) is 4. The second-order valence-electron chi connectivity index (χ2n) is 12.8. The minimum Gasteiger partial charge on any atom is -0.333 e. The molecule has 0 unspecified atom stereocenters. The zero-order valence-corrected chi connectivity index (χ0v) is 32.0. The summed E-state index contributed by atoms with van der Waals surface area (Å²) < 4.78 is 3.60. The fourth-order valence-corrected chi connectivity index (χ4v) is 7.13. The summed E-state index contributed by atoms with van der Waals surface area (Å²) >= 11 is 1.66. The van der Waals surface area contributed by atoms with Crippen LogP contribution in [0.15, 0.2) is 128 Å². The number of thiophene rings is 1. The molecule has 0 aliphatic carbocycles. The Kier molecular flexibility index (Phi) is 10.8. The first-order valence-corrected chi connectivity index (χ1v) is 17.6. The van der Waals surface area contributed by atoms with Crippen molar-refractivity contribution in [2.45, 2.75) is 46.5 Å². The zero-order chi connectivity index (χ0) is 33.9. The van der Waals surface area contributed by atoms with E-state index in [9.17, 15) is 0 Å². The number of para-hydroxylation sites is 3. The van der Waals surface area contributed by atoms with Gasteiger partial charge in [-0.25, -0.2) is 0 Å². The molecule has 50 heavy (non-hydrogen) atoms. The quantitative estimate of drug-likeness (QED) is 0.157. The van der Waals surface area contributed by atoms with E-state index in [0.29, 0.717) is 11.8 Å². The smallest absolute Gasteiger partial charge is 0.0774 e. The molecule has 8 rings (SSSR count). The van der Waals surface area contributed by atoms with E-state index in [1.54, 1.807) is 17.5 Å². The third kappa shape index (κ3) is 7.11. The molecule has 0 aliphatic heterocycles. The molecule has 251 valence electrons. The summed E-state index contributed by atoms with van der Waals surface area (Å²) in [4.78, 5) is 13.8. The van der Waals surface area contributed by atoms with E-state index in [4.69, 9.17) is 4.98 Å². The van der Waals surface area contributed by atoms with Gasteiger partial charge in [0.05, 0.1) is 16.9 Å². The van der Waals surface area contributed by atoms with E-state index in [0.717, 1.165) is 39.4 Å². The third-order valence-electron chi connectivity index (χ3n) is 8.74. The van der Waals surface area contributed by atoms with Crippen LogP contribution < -0.4 is 0 Å². The van der Waals surface area contributed by atoms with Gasteiger partial charge in [0, 0.05) is 43.9 Å². The summed E-state index contributed by atoms with van der Waals surface area (Å²) in [6.07, 6.45) is 3.67. The van der Waals surface area contributed by atoms with E-state index in [1.807, 2.05) is 55.6 Å². The van der Waals surface area contributed by atoms with Crippen molar-refractivity contribution in [1.82, 2.24) is 19.5 Å². The number of hydrogen-bond acceptors (Lipinski definition) is 4. The monoisotopic (exact) mass is 847 g/mol. The minimum absolute atomic E-state index is 0. The Bertz CT molecular complexity index is 2290. The summed E-state index contributed by atoms with van der Waals surface area (Å²) in [6.45, 7) is 11.1. The van der Waals surface area contributed by atoms with Gasteiger partial charge in [0.25, 0.3) is 0 Å². The molecule has 1 radical (unpaired) electrons. The molecular formula is C44H38IrN4S-2. The Labute approximate surface area is 312 Å². The van der Waals surface area contributed by atoms with Crippen LogP contribution in [0.1, 0.15) is 56.4 Å². The minimum atomic E-state index is 0. The summed E-state index contributed by atoms with van der Waals surface area (Å²) in [6, 6.07) is 42.9. The topological polar surface area (TPSA) is 43.6 Å². The van der Waals surface area contributed by atoms with Gasteiger partial charge in [-0.15, -0.1) is 41.3 Å². The predicted octanol–water partition coefficient (Wildman–Crippen LogP) is 11.9. The average molecular weight is 847 g/mol. The van der Waals surface area contributed by atoms with Crippen LogP contribution in [0.25, 0.3) is 60.6 Å². The second kappa shape index (κ2) is 15.4. The molecule has 0 atom stereocenters. The molecule has 0 saturated carbocycles. The van der Waals surface area contributed by atoms with Gasteiger partial charge in [-0.3, -0.25) is 21.3 Å². The first-order chi connectivity index (χ1) is 23.9.